The monoisotopic (exact) mass is 253 g/mol. The molecule has 1 rings (SSSR count). The van der Waals surface area contributed by atoms with Crippen LogP contribution in [0.25, 0.3) is 0 Å². The molecule has 0 saturated heterocycles. The quantitative estimate of drug-likeness (QED) is 0.737. The summed E-state index contributed by atoms with van der Waals surface area (Å²) in [6, 6.07) is 0.785. The third kappa shape index (κ3) is 5.73. The van der Waals surface area contributed by atoms with E-state index in [0.29, 0.717) is 5.41 Å². The topological polar surface area (TPSA) is 12.0 Å². The smallest absolute Gasteiger partial charge is 0.00698 e. The largest absolute Gasteiger partial charge is 0.314 e. The van der Waals surface area contributed by atoms with E-state index in [1.165, 1.54) is 38.6 Å². The van der Waals surface area contributed by atoms with E-state index in [-0.39, 0.29) is 0 Å². The second kappa shape index (κ2) is 6.93. The summed E-state index contributed by atoms with van der Waals surface area (Å²) in [5.74, 6) is 2.59. The molecule has 0 spiro atoms. The summed E-state index contributed by atoms with van der Waals surface area (Å²) in [4.78, 5) is 0. The maximum absolute atomic E-state index is 3.83. The van der Waals surface area contributed by atoms with Crippen LogP contribution >= 0.6 is 0 Å². The van der Waals surface area contributed by atoms with Crippen LogP contribution in [-0.2, 0) is 0 Å². The zero-order valence-corrected chi connectivity index (χ0v) is 13.6. The number of nitrogens with one attached hydrogen (secondary N) is 1. The Balaban J connectivity index is 2.30. The first-order chi connectivity index (χ1) is 8.29. The Morgan fingerprint density at radius 2 is 1.78 bits per heavy atom. The van der Waals surface area contributed by atoms with E-state index < -0.39 is 0 Å². The molecule has 0 aromatic heterocycles. The molecule has 0 amide bonds. The van der Waals surface area contributed by atoms with Gasteiger partial charge in [-0.2, -0.15) is 0 Å². The lowest BCUT2D eigenvalue weighted by atomic mass is 9.79. The molecule has 1 fully saturated rings. The Morgan fingerprint density at radius 3 is 2.33 bits per heavy atom. The zero-order valence-electron chi connectivity index (χ0n) is 13.6. The predicted molar refractivity (Wildman–Crippen MR) is 81.8 cm³/mol. The maximum Gasteiger partial charge on any atom is 0.00698 e. The van der Waals surface area contributed by atoms with E-state index >= 15 is 0 Å². The van der Waals surface area contributed by atoms with Crippen LogP contribution in [0, 0.1) is 23.2 Å². The van der Waals surface area contributed by atoms with Gasteiger partial charge in [-0.1, -0.05) is 54.4 Å². The molecule has 18 heavy (non-hydrogen) atoms. The van der Waals surface area contributed by atoms with Gasteiger partial charge in [0, 0.05) is 6.04 Å². The van der Waals surface area contributed by atoms with Crippen molar-refractivity contribution in [3.63, 3.8) is 0 Å². The molecule has 0 bridgehead atoms. The van der Waals surface area contributed by atoms with Crippen LogP contribution in [0.2, 0.25) is 0 Å². The van der Waals surface area contributed by atoms with Gasteiger partial charge >= 0.3 is 0 Å². The first kappa shape index (κ1) is 16.0. The summed E-state index contributed by atoms with van der Waals surface area (Å²) in [7, 11) is 0. The van der Waals surface area contributed by atoms with Crippen molar-refractivity contribution >= 4 is 0 Å². The van der Waals surface area contributed by atoms with Gasteiger partial charge in [0.25, 0.3) is 0 Å². The lowest BCUT2D eigenvalue weighted by Gasteiger charge is -2.34. The molecule has 108 valence electrons. The second-order valence-electron chi connectivity index (χ2n) is 8.03. The van der Waals surface area contributed by atoms with Gasteiger partial charge in [-0.3, -0.25) is 0 Å². The van der Waals surface area contributed by atoms with Crippen LogP contribution < -0.4 is 5.32 Å². The van der Waals surface area contributed by atoms with Crippen molar-refractivity contribution in [3.05, 3.63) is 0 Å². The van der Waals surface area contributed by atoms with E-state index in [9.17, 15) is 0 Å². The standard InChI is InChI=1S/C17H35N/c1-13(2)10-15-8-7-9-16(11-15)18-12-14(3)17(4,5)6/h13-16,18H,7-12H2,1-6H3. The fraction of sp³-hybridized carbons (Fsp3) is 1.00. The summed E-state index contributed by atoms with van der Waals surface area (Å²) in [5.41, 5.74) is 0.430. The van der Waals surface area contributed by atoms with E-state index in [4.69, 9.17) is 0 Å². The molecule has 3 atom stereocenters. The minimum atomic E-state index is 0.430. The van der Waals surface area contributed by atoms with Crippen molar-refractivity contribution < 1.29 is 0 Å². The summed E-state index contributed by atoms with van der Waals surface area (Å²) in [6.07, 6.45) is 7.12. The van der Waals surface area contributed by atoms with Gasteiger partial charge in [-0.25, -0.2) is 0 Å². The molecule has 0 heterocycles. The molecular weight excluding hydrogens is 218 g/mol. The molecule has 0 aromatic carbocycles. The fourth-order valence-electron chi connectivity index (χ4n) is 3.01. The minimum absolute atomic E-state index is 0.430. The SMILES string of the molecule is CC(C)CC1CCCC(NCC(C)C(C)(C)C)C1. The summed E-state index contributed by atoms with van der Waals surface area (Å²) >= 11 is 0. The lowest BCUT2D eigenvalue weighted by molar-refractivity contribution is 0.211. The van der Waals surface area contributed by atoms with Crippen LogP contribution in [0.1, 0.15) is 73.6 Å². The molecule has 1 aliphatic rings. The van der Waals surface area contributed by atoms with Crippen molar-refractivity contribution in [3.8, 4) is 0 Å². The van der Waals surface area contributed by atoms with Gasteiger partial charge in [-0.15, -0.1) is 0 Å². The Bertz CT molecular complexity index is 226. The molecule has 1 nitrogen and oxygen atoms in total. The lowest BCUT2D eigenvalue weighted by Crippen LogP contribution is -2.39. The second-order valence-corrected chi connectivity index (χ2v) is 8.03. The van der Waals surface area contributed by atoms with Gasteiger partial charge < -0.3 is 5.32 Å². The Kier molecular flexibility index (Phi) is 6.17. The molecule has 1 heteroatoms. The number of hydrogen-bond donors (Lipinski definition) is 1. The van der Waals surface area contributed by atoms with Gasteiger partial charge in [0.2, 0.25) is 0 Å². The van der Waals surface area contributed by atoms with Crippen LogP contribution in [0.5, 0.6) is 0 Å². The summed E-state index contributed by atoms with van der Waals surface area (Å²) in [6.45, 7) is 15.3. The molecule has 0 radical (unpaired) electrons. The van der Waals surface area contributed by atoms with Gasteiger partial charge in [0.1, 0.15) is 0 Å². The average molecular weight is 253 g/mol. The van der Waals surface area contributed by atoms with E-state index in [2.05, 4.69) is 46.9 Å². The molecule has 0 aromatic rings. The Morgan fingerprint density at radius 1 is 1.11 bits per heavy atom. The third-order valence-electron chi connectivity index (χ3n) is 4.78. The summed E-state index contributed by atoms with van der Waals surface area (Å²) < 4.78 is 0. The third-order valence-corrected chi connectivity index (χ3v) is 4.78. The minimum Gasteiger partial charge on any atom is -0.314 e. The van der Waals surface area contributed by atoms with Crippen molar-refractivity contribution in [1.29, 1.82) is 0 Å². The van der Waals surface area contributed by atoms with Crippen LogP contribution in [0.3, 0.4) is 0 Å². The first-order valence-electron chi connectivity index (χ1n) is 8.02. The van der Waals surface area contributed by atoms with Gasteiger partial charge in [-0.05, 0) is 49.0 Å². The number of hydrogen-bond acceptors (Lipinski definition) is 1. The van der Waals surface area contributed by atoms with E-state index in [0.717, 1.165) is 23.8 Å². The highest BCUT2D eigenvalue weighted by molar-refractivity contribution is 4.81. The number of rotatable bonds is 5. The van der Waals surface area contributed by atoms with Gasteiger partial charge in [0.05, 0.1) is 0 Å². The molecule has 0 aliphatic heterocycles. The van der Waals surface area contributed by atoms with Crippen molar-refractivity contribution in [2.24, 2.45) is 23.2 Å². The normalized spacial score (nSPS) is 27.5. The van der Waals surface area contributed by atoms with Crippen LogP contribution in [-0.4, -0.2) is 12.6 Å². The maximum atomic E-state index is 3.83. The van der Waals surface area contributed by atoms with E-state index in [1.54, 1.807) is 0 Å². The first-order valence-corrected chi connectivity index (χ1v) is 8.02. The Hall–Kier alpha value is -0.0400. The van der Waals surface area contributed by atoms with Gasteiger partial charge in [0.15, 0.2) is 0 Å². The molecule has 1 aliphatic carbocycles. The highest BCUT2D eigenvalue weighted by atomic mass is 14.9. The van der Waals surface area contributed by atoms with Crippen LogP contribution in [0.4, 0.5) is 0 Å². The highest BCUT2D eigenvalue weighted by Crippen LogP contribution is 2.30. The molecule has 1 saturated carbocycles. The average Bonchev–Trinajstić information content (AvgIpc) is 2.24. The predicted octanol–water partition coefficient (Wildman–Crippen LogP) is 4.86. The summed E-state index contributed by atoms with van der Waals surface area (Å²) in [5, 5.41) is 3.83. The molecular formula is C17H35N. The Labute approximate surface area is 115 Å². The van der Waals surface area contributed by atoms with Crippen molar-refractivity contribution in [2.45, 2.75) is 79.7 Å². The molecule has 3 unspecified atom stereocenters. The molecule has 1 N–H and O–H groups in total. The highest BCUT2D eigenvalue weighted by Gasteiger charge is 2.25. The van der Waals surface area contributed by atoms with Crippen molar-refractivity contribution in [1.82, 2.24) is 5.32 Å². The zero-order chi connectivity index (χ0) is 13.8. The van der Waals surface area contributed by atoms with Crippen molar-refractivity contribution in [2.75, 3.05) is 6.54 Å². The van der Waals surface area contributed by atoms with Crippen LogP contribution in [0.15, 0.2) is 0 Å². The van der Waals surface area contributed by atoms with E-state index in [1.807, 2.05) is 0 Å². The fourth-order valence-corrected chi connectivity index (χ4v) is 3.01.